The Labute approximate surface area is 101 Å². The minimum Gasteiger partial charge on any atom is -0.478 e. The summed E-state index contributed by atoms with van der Waals surface area (Å²) >= 11 is 0. The summed E-state index contributed by atoms with van der Waals surface area (Å²) < 4.78 is 0. The molecule has 1 aromatic rings. The maximum atomic E-state index is 11.1. The van der Waals surface area contributed by atoms with Crippen LogP contribution in [0.2, 0.25) is 0 Å². The number of nitrogens with two attached hydrogens (primary N) is 1. The second-order valence-electron chi connectivity index (χ2n) is 4.36. The number of carboxylic acid groups (broad SMARTS) is 1. The van der Waals surface area contributed by atoms with Crippen LogP contribution in [0.15, 0.2) is 12.3 Å². The van der Waals surface area contributed by atoms with Gasteiger partial charge >= 0.3 is 5.97 Å². The molecule has 0 fully saturated rings. The fraction of sp³-hybridized carbons (Fsp3) is 0.500. The number of hydrogen-bond donors (Lipinski definition) is 3. The Morgan fingerprint density at radius 3 is 2.59 bits per heavy atom. The van der Waals surface area contributed by atoms with Crippen LogP contribution in [0.4, 0.5) is 11.5 Å². The number of nitrogens with one attached hydrogen (secondary N) is 1. The fourth-order valence-corrected chi connectivity index (χ4v) is 1.46. The summed E-state index contributed by atoms with van der Waals surface area (Å²) in [6.07, 6.45) is 3.23. The number of nitrogen functional groups attached to an aromatic ring is 1. The van der Waals surface area contributed by atoms with Gasteiger partial charge in [-0.15, -0.1) is 0 Å². The first kappa shape index (κ1) is 13.3. The van der Waals surface area contributed by atoms with E-state index in [4.69, 9.17) is 10.8 Å². The fourth-order valence-electron chi connectivity index (χ4n) is 1.46. The molecule has 94 valence electrons. The lowest BCUT2D eigenvalue weighted by Crippen LogP contribution is -2.34. The zero-order valence-electron chi connectivity index (χ0n) is 10.4. The van der Waals surface area contributed by atoms with Gasteiger partial charge in [-0.1, -0.05) is 13.8 Å². The quantitative estimate of drug-likeness (QED) is 0.731. The summed E-state index contributed by atoms with van der Waals surface area (Å²) in [7, 11) is 0. The molecule has 5 nitrogen and oxygen atoms in total. The highest BCUT2D eigenvalue weighted by Crippen LogP contribution is 2.24. The van der Waals surface area contributed by atoms with E-state index >= 15 is 0 Å². The molecule has 0 saturated carbocycles. The van der Waals surface area contributed by atoms with Gasteiger partial charge < -0.3 is 16.2 Å². The van der Waals surface area contributed by atoms with Crippen molar-refractivity contribution in [2.24, 2.45) is 0 Å². The van der Waals surface area contributed by atoms with Crippen LogP contribution in [0.1, 0.15) is 44.0 Å². The summed E-state index contributed by atoms with van der Waals surface area (Å²) in [4.78, 5) is 15.2. The van der Waals surface area contributed by atoms with Gasteiger partial charge in [0.05, 0.1) is 11.9 Å². The van der Waals surface area contributed by atoms with E-state index in [1.807, 2.05) is 20.8 Å². The predicted molar refractivity (Wildman–Crippen MR) is 68.2 cm³/mol. The van der Waals surface area contributed by atoms with E-state index in [1.54, 1.807) is 0 Å². The Kier molecular flexibility index (Phi) is 3.93. The van der Waals surface area contributed by atoms with E-state index in [0.29, 0.717) is 11.5 Å². The number of nitrogens with zero attached hydrogens (tertiary/aromatic N) is 1. The second-order valence-corrected chi connectivity index (χ2v) is 4.36. The first-order valence-corrected chi connectivity index (χ1v) is 5.69. The van der Waals surface area contributed by atoms with Gasteiger partial charge in [-0.05, 0) is 25.8 Å². The van der Waals surface area contributed by atoms with Crippen molar-refractivity contribution in [2.75, 3.05) is 11.1 Å². The van der Waals surface area contributed by atoms with Gasteiger partial charge in [0.25, 0.3) is 0 Å². The molecule has 0 spiro atoms. The number of carboxylic acids is 1. The monoisotopic (exact) mass is 237 g/mol. The summed E-state index contributed by atoms with van der Waals surface area (Å²) in [5.41, 5.74) is 5.84. The molecule has 1 aromatic heterocycles. The molecule has 0 aliphatic heterocycles. The van der Waals surface area contributed by atoms with Crippen LogP contribution in [-0.4, -0.2) is 21.6 Å². The topological polar surface area (TPSA) is 88.2 Å². The summed E-state index contributed by atoms with van der Waals surface area (Å²) in [5, 5.41) is 12.3. The Balaban J connectivity index is 3.10. The Bertz CT molecular complexity index is 414. The molecule has 0 saturated heterocycles. The number of anilines is 2. The van der Waals surface area contributed by atoms with Crippen molar-refractivity contribution < 1.29 is 9.90 Å². The predicted octanol–water partition coefficient (Wildman–Crippen LogP) is 2.35. The van der Waals surface area contributed by atoms with Crippen LogP contribution >= 0.6 is 0 Å². The molecule has 0 atom stereocenters. The largest absolute Gasteiger partial charge is 0.478 e. The van der Waals surface area contributed by atoms with Gasteiger partial charge in [0.2, 0.25) is 0 Å². The lowest BCUT2D eigenvalue weighted by Gasteiger charge is -2.29. The van der Waals surface area contributed by atoms with Crippen LogP contribution < -0.4 is 11.1 Å². The number of hydrogen-bond acceptors (Lipinski definition) is 4. The molecular weight excluding hydrogens is 218 g/mol. The standard InChI is InChI=1S/C12H19N3O2/c1-4-12(3,5-2)15-10-9(11(16)17)6-8(13)7-14-10/h6-7H,4-5,13H2,1-3H3,(H,14,15)(H,16,17). The van der Waals surface area contributed by atoms with Crippen molar-refractivity contribution in [1.29, 1.82) is 0 Å². The molecule has 0 aliphatic rings. The normalized spacial score (nSPS) is 11.2. The van der Waals surface area contributed by atoms with E-state index in [-0.39, 0.29) is 11.1 Å². The molecule has 1 rings (SSSR count). The Hall–Kier alpha value is -1.78. The van der Waals surface area contributed by atoms with Gasteiger partial charge in [-0.25, -0.2) is 9.78 Å². The molecule has 0 radical (unpaired) electrons. The smallest absolute Gasteiger partial charge is 0.339 e. The van der Waals surface area contributed by atoms with Gasteiger partial charge in [-0.3, -0.25) is 0 Å². The minimum atomic E-state index is -1.03. The number of pyridine rings is 1. The highest BCUT2D eigenvalue weighted by Gasteiger charge is 2.22. The zero-order chi connectivity index (χ0) is 13.1. The van der Waals surface area contributed by atoms with E-state index in [9.17, 15) is 4.79 Å². The molecular formula is C12H19N3O2. The van der Waals surface area contributed by atoms with Crippen LogP contribution in [0.3, 0.4) is 0 Å². The number of aromatic nitrogens is 1. The molecule has 0 aliphatic carbocycles. The van der Waals surface area contributed by atoms with E-state index in [2.05, 4.69) is 10.3 Å². The van der Waals surface area contributed by atoms with Gasteiger partial charge in [0, 0.05) is 5.54 Å². The minimum absolute atomic E-state index is 0.109. The molecule has 0 bridgehead atoms. The maximum Gasteiger partial charge on any atom is 0.339 e. The molecule has 17 heavy (non-hydrogen) atoms. The third-order valence-electron chi connectivity index (χ3n) is 3.12. The highest BCUT2D eigenvalue weighted by atomic mass is 16.4. The first-order valence-electron chi connectivity index (χ1n) is 5.69. The van der Waals surface area contributed by atoms with Crippen molar-refractivity contribution in [3.05, 3.63) is 17.8 Å². The SMILES string of the molecule is CCC(C)(CC)Nc1ncc(N)cc1C(=O)O. The average Bonchev–Trinajstić information content (AvgIpc) is 2.31. The molecule has 0 aromatic carbocycles. The highest BCUT2D eigenvalue weighted by molar-refractivity contribution is 5.94. The average molecular weight is 237 g/mol. The van der Waals surface area contributed by atoms with Crippen LogP contribution in [-0.2, 0) is 0 Å². The van der Waals surface area contributed by atoms with Crippen LogP contribution in [0.25, 0.3) is 0 Å². The van der Waals surface area contributed by atoms with E-state index in [0.717, 1.165) is 12.8 Å². The number of carbonyl (C=O) groups is 1. The van der Waals surface area contributed by atoms with Crippen molar-refractivity contribution in [3.8, 4) is 0 Å². The molecule has 0 amide bonds. The van der Waals surface area contributed by atoms with Crippen molar-refractivity contribution in [1.82, 2.24) is 4.98 Å². The third kappa shape index (κ3) is 3.09. The van der Waals surface area contributed by atoms with Crippen LogP contribution in [0, 0.1) is 0 Å². The molecule has 5 heteroatoms. The van der Waals surface area contributed by atoms with Crippen molar-refractivity contribution in [2.45, 2.75) is 39.2 Å². The maximum absolute atomic E-state index is 11.1. The van der Waals surface area contributed by atoms with Gasteiger partial charge in [-0.2, -0.15) is 0 Å². The van der Waals surface area contributed by atoms with Gasteiger partial charge in [0.15, 0.2) is 0 Å². The Morgan fingerprint density at radius 2 is 2.12 bits per heavy atom. The molecule has 0 unspecified atom stereocenters. The summed E-state index contributed by atoms with van der Waals surface area (Å²) in [6, 6.07) is 1.42. The second kappa shape index (κ2) is 5.03. The number of rotatable bonds is 5. The summed E-state index contributed by atoms with van der Waals surface area (Å²) in [6.45, 7) is 6.14. The molecule has 1 heterocycles. The first-order chi connectivity index (χ1) is 7.91. The van der Waals surface area contributed by atoms with Crippen molar-refractivity contribution in [3.63, 3.8) is 0 Å². The van der Waals surface area contributed by atoms with E-state index in [1.165, 1.54) is 12.3 Å². The van der Waals surface area contributed by atoms with E-state index < -0.39 is 5.97 Å². The lowest BCUT2D eigenvalue weighted by molar-refractivity contribution is 0.0697. The van der Waals surface area contributed by atoms with Gasteiger partial charge in [0.1, 0.15) is 11.4 Å². The van der Waals surface area contributed by atoms with Crippen LogP contribution in [0.5, 0.6) is 0 Å². The lowest BCUT2D eigenvalue weighted by atomic mass is 9.95. The number of aromatic carboxylic acids is 1. The van der Waals surface area contributed by atoms with Crippen molar-refractivity contribution >= 4 is 17.5 Å². The zero-order valence-corrected chi connectivity index (χ0v) is 10.4. The summed E-state index contributed by atoms with van der Waals surface area (Å²) in [5.74, 6) is -0.653. The Morgan fingerprint density at radius 1 is 1.53 bits per heavy atom. The molecule has 4 N–H and O–H groups in total. The third-order valence-corrected chi connectivity index (χ3v) is 3.12.